The first-order valence-electron chi connectivity index (χ1n) is 8.21. The number of hydrogen-bond donors (Lipinski definition) is 1. The highest BCUT2D eigenvalue weighted by Crippen LogP contribution is 2.18. The summed E-state index contributed by atoms with van der Waals surface area (Å²) < 4.78 is 5.59. The Balaban J connectivity index is 1.50. The van der Waals surface area contributed by atoms with Crippen LogP contribution >= 0.6 is 0 Å². The van der Waals surface area contributed by atoms with E-state index in [1.54, 1.807) is 6.07 Å². The number of nitrogens with zero attached hydrogens (tertiary/aromatic N) is 1. The van der Waals surface area contributed by atoms with Crippen LogP contribution < -0.4 is 5.32 Å². The quantitative estimate of drug-likeness (QED) is 0.921. The van der Waals surface area contributed by atoms with Crippen LogP contribution in [0.4, 0.5) is 0 Å². The fourth-order valence-electron chi connectivity index (χ4n) is 3.10. The smallest absolute Gasteiger partial charge is 0.287 e. The van der Waals surface area contributed by atoms with Gasteiger partial charge in [0.1, 0.15) is 5.58 Å². The molecule has 0 saturated carbocycles. The minimum atomic E-state index is -0.123. The molecule has 1 saturated heterocycles. The van der Waals surface area contributed by atoms with Crippen LogP contribution in [0.1, 0.15) is 36.7 Å². The maximum absolute atomic E-state index is 12.2. The Morgan fingerprint density at radius 1 is 1.27 bits per heavy atom. The number of furan rings is 1. The molecule has 1 aromatic heterocycles. The number of nitrogens with one attached hydrogen (secondary N) is 1. The topological polar surface area (TPSA) is 45.5 Å². The molecule has 4 heteroatoms. The van der Waals surface area contributed by atoms with Crippen LogP contribution in [0.25, 0.3) is 11.0 Å². The zero-order chi connectivity index (χ0) is 15.4. The maximum atomic E-state index is 12.2. The molecule has 4 nitrogen and oxygen atoms in total. The van der Waals surface area contributed by atoms with Gasteiger partial charge in [-0.15, -0.1) is 0 Å². The highest BCUT2D eigenvalue weighted by Gasteiger charge is 2.16. The van der Waals surface area contributed by atoms with Crippen molar-refractivity contribution in [3.05, 3.63) is 36.1 Å². The molecule has 0 aliphatic carbocycles. The summed E-state index contributed by atoms with van der Waals surface area (Å²) in [6, 6.07) is 9.49. The van der Waals surface area contributed by atoms with Crippen LogP contribution in [0.3, 0.4) is 0 Å². The third-order valence-electron chi connectivity index (χ3n) is 4.28. The predicted molar refractivity (Wildman–Crippen MR) is 88.0 cm³/mol. The number of para-hydroxylation sites is 1. The van der Waals surface area contributed by atoms with Crippen LogP contribution in [0.5, 0.6) is 0 Å². The van der Waals surface area contributed by atoms with Gasteiger partial charge in [-0.25, -0.2) is 0 Å². The van der Waals surface area contributed by atoms with E-state index in [-0.39, 0.29) is 5.91 Å². The first-order chi connectivity index (χ1) is 10.7. The summed E-state index contributed by atoms with van der Waals surface area (Å²) in [5.41, 5.74) is 0.758. The van der Waals surface area contributed by atoms with Gasteiger partial charge in [0, 0.05) is 18.5 Å². The van der Waals surface area contributed by atoms with Crippen LogP contribution in [0, 0.1) is 5.92 Å². The molecular formula is C18H24N2O2. The first kappa shape index (κ1) is 15.1. The standard InChI is InChI=1S/C18H24N2O2/c1-14(13-20-9-5-2-6-10-20)12-19-18(21)17-11-15-7-3-4-8-16(15)22-17/h3-4,7-8,11,14H,2,5-6,9-10,12-13H2,1H3,(H,19,21)/t14-/m0/s1. The summed E-state index contributed by atoms with van der Waals surface area (Å²) in [5, 5.41) is 3.96. The molecule has 0 unspecified atom stereocenters. The summed E-state index contributed by atoms with van der Waals surface area (Å²) in [5.74, 6) is 0.722. The van der Waals surface area contributed by atoms with E-state index in [4.69, 9.17) is 4.42 Å². The van der Waals surface area contributed by atoms with Crippen LogP contribution in [-0.4, -0.2) is 37.0 Å². The molecule has 1 aliphatic heterocycles. The third kappa shape index (κ3) is 3.69. The number of hydrogen-bond acceptors (Lipinski definition) is 3. The Labute approximate surface area is 131 Å². The van der Waals surface area contributed by atoms with E-state index < -0.39 is 0 Å². The van der Waals surface area contributed by atoms with Gasteiger partial charge in [-0.2, -0.15) is 0 Å². The molecule has 2 heterocycles. The number of fused-ring (bicyclic) bond motifs is 1. The number of amides is 1. The van der Waals surface area contributed by atoms with E-state index in [1.165, 1.54) is 32.4 Å². The molecule has 0 radical (unpaired) electrons. The van der Waals surface area contributed by atoms with Gasteiger partial charge in [0.25, 0.3) is 5.91 Å². The molecule has 1 N–H and O–H groups in total. The highest BCUT2D eigenvalue weighted by molar-refractivity contribution is 5.96. The SMILES string of the molecule is C[C@@H](CNC(=O)c1cc2ccccc2o1)CN1CCCCC1. The molecular weight excluding hydrogens is 276 g/mol. The van der Waals surface area contributed by atoms with Crippen molar-refractivity contribution < 1.29 is 9.21 Å². The van der Waals surface area contributed by atoms with Crippen LogP contribution in [0.2, 0.25) is 0 Å². The molecule has 22 heavy (non-hydrogen) atoms. The molecule has 3 rings (SSSR count). The molecule has 1 aliphatic rings. The van der Waals surface area contributed by atoms with Crippen molar-refractivity contribution in [2.75, 3.05) is 26.2 Å². The normalized spacial score (nSPS) is 17.5. The van der Waals surface area contributed by atoms with Gasteiger partial charge in [-0.05, 0) is 44.0 Å². The maximum Gasteiger partial charge on any atom is 0.287 e. The zero-order valence-corrected chi connectivity index (χ0v) is 13.2. The van der Waals surface area contributed by atoms with Crippen molar-refractivity contribution in [2.45, 2.75) is 26.2 Å². The highest BCUT2D eigenvalue weighted by atomic mass is 16.3. The van der Waals surface area contributed by atoms with Crippen LogP contribution in [-0.2, 0) is 0 Å². The number of carbonyl (C=O) groups is 1. The van der Waals surface area contributed by atoms with Gasteiger partial charge in [0.15, 0.2) is 5.76 Å². The van der Waals surface area contributed by atoms with E-state index in [9.17, 15) is 4.79 Å². The Bertz CT molecular complexity index is 596. The van der Waals surface area contributed by atoms with E-state index in [0.717, 1.165) is 17.5 Å². The first-order valence-corrected chi connectivity index (χ1v) is 8.21. The lowest BCUT2D eigenvalue weighted by Crippen LogP contribution is -2.37. The Morgan fingerprint density at radius 3 is 2.82 bits per heavy atom. The van der Waals surface area contributed by atoms with Crippen molar-refractivity contribution in [1.82, 2.24) is 10.2 Å². The second kappa shape index (κ2) is 6.97. The lowest BCUT2D eigenvalue weighted by molar-refractivity contribution is 0.0917. The van der Waals surface area contributed by atoms with Crippen molar-refractivity contribution in [3.63, 3.8) is 0 Å². The van der Waals surface area contributed by atoms with Crippen molar-refractivity contribution in [3.8, 4) is 0 Å². The summed E-state index contributed by atoms with van der Waals surface area (Å²) in [7, 11) is 0. The molecule has 0 bridgehead atoms. The summed E-state index contributed by atoms with van der Waals surface area (Å²) in [4.78, 5) is 14.7. The molecule has 2 aromatic rings. The van der Waals surface area contributed by atoms with Gasteiger partial charge < -0.3 is 14.6 Å². The summed E-state index contributed by atoms with van der Waals surface area (Å²) >= 11 is 0. The monoisotopic (exact) mass is 300 g/mol. The largest absolute Gasteiger partial charge is 0.451 e. The summed E-state index contributed by atoms with van der Waals surface area (Å²) in [6.45, 7) is 6.32. The molecule has 1 atom stereocenters. The number of carbonyl (C=O) groups excluding carboxylic acids is 1. The van der Waals surface area contributed by atoms with E-state index in [1.807, 2.05) is 24.3 Å². The molecule has 1 amide bonds. The second-order valence-corrected chi connectivity index (χ2v) is 6.32. The van der Waals surface area contributed by atoms with Gasteiger partial charge in [0.2, 0.25) is 0 Å². The van der Waals surface area contributed by atoms with Crippen molar-refractivity contribution in [1.29, 1.82) is 0 Å². The molecule has 1 aromatic carbocycles. The number of piperidine rings is 1. The Morgan fingerprint density at radius 2 is 2.05 bits per heavy atom. The number of rotatable bonds is 5. The van der Waals surface area contributed by atoms with Gasteiger partial charge >= 0.3 is 0 Å². The fraction of sp³-hybridized carbons (Fsp3) is 0.500. The zero-order valence-electron chi connectivity index (χ0n) is 13.2. The van der Waals surface area contributed by atoms with Gasteiger partial charge in [0.05, 0.1) is 0 Å². The molecule has 1 fully saturated rings. The average molecular weight is 300 g/mol. The lowest BCUT2D eigenvalue weighted by Gasteiger charge is -2.29. The molecule has 0 spiro atoms. The second-order valence-electron chi connectivity index (χ2n) is 6.32. The van der Waals surface area contributed by atoms with Gasteiger partial charge in [-0.3, -0.25) is 4.79 Å². The average Bonchev–Trinajstić information content (AvgIpc) is 2.98. The Hall–Kier alpha value is -1.81. The van der Waals surface area contributed by atoms with Gasteiger partial charge in [-0.1, -0.05) is 31.5 Å². The lowest BCUT2D eigenvalue weighted by atomic mass is 10.1. The molecule has 118 valence electrons. The van der Waals surface area contributed by atoms with Crippen molar-refractivity contribution in [2.24, 2.45) is 5.92 Å². The summed E-state index contributed by atoms with van der Waals surface area (Å²) in [6.07, 6.45) is 3.96. The minimum absolute atomic E-state index is 0.123. The van der Waals surface area contributed by atoms with Crippen molar-refractivity contribution >= 4 is 16.9 Å². The number of likely N-dealkylation sites (tertiary alicyclic amines) is 1. The Kier molecular flexibility index (Phi) is 4.78. The fourth-order valence-corrected chi connectivity index (χ4v) is 3.10. The predicted octanol–water partition coefficient (Wildman–Crippen LogP) is 3.28. The van der Waals surface area contributed by atoms with E-state index in [0.29, 0.717) is 18.2 Å². The minimum Gasteiger partial charge on any atom is -0.451 e. The number of benzene rings is 1. The van der Waals surface area contributed by atoms with E-state index >= 15 is 0 Å². The third-order valence-corrected chi connectivity index (χ3v) is 4.28. The van der Waals surface area contributed by atoms with E-state index in [2.05, 4.69) is 17.1 Å². The van der Waals surface area contributed by atoms with Crippen LogP contribution in [0.15, 0.2) is 34.7 Å².